The summed E-state index contributed by atoms with van der Waals surface area (Å²) in [6, 6.07) is 10.5. The molecule has 0 unspecified atom stereocenters. The maximum atomic E-state index is 14.4. The zero-order chi connectivity index (χ0) is 23.5. The lowest BCUT2D eigenvalue weighted by molar-refractivity contribution is -0.123. The van der Waals surface area contributed by atoms with Gasteiger partial charge in [-0.05, 0) is 54.7 Å². The van der Waals surface area contributed by atoms with Crippen LogP contribution < -0.4 is 11.1 Å². The Kier molecular flexibility index (Phi) is 6.37. The molecule has 168 valence electrons. The fraction of sp³-hybridized carbons (Fsp3) is 0.167. The van der Waals surface area contributed by atoms with Gasteiger partial charge in [-0.3, -0.25) is 10.1 Å². The average Bonchev–Trinajstić information content (AvgIpc) is 2.78. The van der Waals surface area contributed by atoms with Crippen LogP contribution >= 0.6 is 11.6 Å². The Hall–Kier alpha value is -3.78. The van der Waals surface area contributed by atoms with Crippen molar-refractivity contribution in [3.05, 3.63) is 75.7 Å². The number of primary amides is 1. The highest BCUT2D eigenvalue weighted by molar-refractivity contribution is 6.32. The van der Waals surface area contributed by atoms with Crippen LogP contribution in [0.2, 0.25) is 5.02 Å². The Morgan fingerprint density at radius 3 is 2.70 bits per heavy atom. The first kappa shape index (κ1) is 22.4. The zero-order valence-electron chi connectivity index (χ0n) is 17.4. The summed E-state index contributed by atoms with van der Waals surface area (Å²) in [6.45, 7) is -0.666. The van der Waals surface area contributed by atoms with Crippen molar-refractivity contribution in [2.45, 2.75) is 19.3 Å². The van der Waals surface area contributed by atoms with Gasteiger partial charge in [-0.2, -0.15) is 0 Å². The van der Waals surface area contributed by atoms with Gasteiger partial charge in [0, 0.05) is 10.9 Å². The van der Waals surface area contributed by atoms with Crippen LogP contribution in [0.5, 0.6) is 0 Å². The molecular weight excluding hydrogens is 449 g/mol. The quantitative estimate of drug-likeness (QED) is 0.557. The molecule has 3 aromatic rings. The lowest BCUT2D eigenvalue weighted by atomic mass is 9.86. The Morgan fingerprint density at radius 1 is 1.15 bits per heavy atom. The number of imide groups is 1. The van der Waals surface area contributed by atoms with Crippen LogP contribution in [-0.4, -0.2) is 29.5 Å². The van der Waals surface area contributed by atoms with Crippen LogP contribution in [0.4, 0.5) is 9.18 Å². The summed E-state index contributed by atoms with van der Waals surface area (Å²) in [5, 5.41) is 2.69. The predicted octanol–water partition coefficient (Wildman–Crippen LogP) is 4.26. The van der Waals surface area contributed by atoms with E-state index in [1.165, 1.54) is 12.1 Å². The highest BCUT2D eigenvalue weighted by Gasteiger charge is 2.26. The highest BCUT2D eigenvalue weighted by atomic mass is 35.5. The van der Waals surface area contributed by atoms with Crippen LogP contribution in [-0.2, 0) is 16.0 Å². The molecule has 0 bridgehead atoms. The van der Waals surface area contributed by atoms with E-state index in [1.807, 2.05) is 5.32 Å². The maximum absolute atomic E-state index is 14.4. The number of hydrogen-bond acceptors (Lipinski definition) is 5. The third-order valence-electron chi connectivity index (χ3n) is 5.29. The van der Waals surface area contributed by atoms with Gasteiger partial charge < -0.3 is 10.5 Å². The van der Waals surface area contributed by atoms with Crippen molar-refractivity contribution >= 4 is 52.1 Å². The molecule has 1 aliphatic rings. The Balaban J connectivity index is 1.81. The van der Waals surface area contributed by atoms with E-state index in [4.69, 9.17) is 27.1 Å². The van der Waals surface area contributed by atoms with E-state index in [0.717, 1.165) is 5.57 Å². The normalized spacial score (nSPS) is 14.1. The van der Waals surface area contributed by atoms with Gasteiger partial charge in [-0.15, -0.1) is 0 Å². The molecule has 0 spiro atoms. The Morgan fingerprint density at radius 2 is 1.94 bits per heavy atom. The topological polar surface area (TPSA) is 111 Å². The number of ether oxygens (including phenoxy) is 1. The summed E-state index contributed by atoms with van der Waals surface area (Å²) >= 11 is 6.21. The van der Waals surface area contributed by atoms with E-state index in [9.17, 15) is 18.8 Å². The van der Waals surface area contributed by atoms with Crippen molar-refractivity contribution < 1.29 is 23.5 Å². The molecule has 4 rings (SSSR count). The second-order valence-corrected chi connectivity index (χ2v) is 7.89. The number of carbonyl (C=O) groups excluding carboxylic acids is 3. The average molecular weight is 468 g/mol. The molecule has 0 fully saturated rings. The van der Waals surface area contributed by atoms with Crippen molar-refractivity contribution in [2.24, 2.45) is 5.73 Å². The number of benzene rings is 2. The lowest BCUT2D eigenvalue weighted by Crippen LogP contribution is -2.37. The van der Waals surface area contributed by atoms with Crippen molar-refractivity contribution in [3.8, 4) is 0 Å². The van der Waals surface area contributed by atoms with Crippen molar-refractivity contribution in [1.29, 1.82) is 0 Å². The molecule has 0 radical (unpaired) electrons. The number of pyridine rings is 1. The molecule has 0 aliphatic heterocycles. The molecule has 9 heteroatoms. The number of halogens is 2. The maximum Gasteiger partial charge on any atom is 0.339 e. The van der Waals surface area contributed by atoms with Crippen LogP contribution in [0, 0.1) is 5.82 Å². The lowest BCUT2D eigenvalue weighted by Gasteiger charge is -2.22. The van der Waals surface area contributed by atoms with Crippen molar-refractivity contribution in [1.82, 2.24) is 10.3 Å². The summed E-state index contributed by atoms with van der Waals surface area (Å²) in [5.41, 5.74) is 7.97. The van der Waals surface area contributed by atoms with Crippen LogP contribution in [0.15, 0.2) is 42.5 Å². The molecule has 1 aromatic heterocycles. The summed E-state index contributed by atoms with van der Waals surface area (Å²) in [5.74, 6) is -2.02. The van der Waals surface area contributed by atoms with Gasteiger partial charge in [0.05, 0.1) is 21.8 Å². The fourth-order valence-corrected chi connectivity index (χ4v) is 4.13. The molecule has 0 saturated heterocycles. The number of esters is 1. The molecule has 1 aliphatic carbocycles. The summed E-state index contributed by atoms with van der Waals surface area (Å²) in [6.07, 6.45) is 3.53. The third kappa shape index (κ3) is 4.70. The SMILES string of the molecule is NC(=O)NC(=O)COC(=O)c1c2c(nc3ccccc13)/C(=C/c1c(F)cccc1Cl)CCC2. The molecule has 0 saturated carbocycles. The Labute approximate surface area is 193 Å². The fourth-order valence-electron chi connectivity index (χ4n) is 3.91. The van der Waals surface area contributed by atoms with E-state index in [2.05, 4.69) is 0 Å². The second-order valence-electron chi connectivity index (χ2n) is 7.48. The summed E-state index contributed by atoms with van der Waals surface area (Å²) in [7, 11) is 0. The number of nitrogens with zero attached hydrogens (tertiary/aromatic N) is 1. The standard InChI is InChI=1S/C24H19ClFN3O4/c25-17-8-4-9-18(26)16(17)11-13-5-3-7-15-21(23(31)33-12-20(30)29-24(27)32)14-6-1-2-10-19(14)28-22(13)15/h1-2,4,6,8-11H,3,5,7,12H2,(H3,27,29,30,32)/b13-11+. The van der Waals surface area contributed by atoms with Crippen LogP contribution in [0.3, 0.4) is 0 Å². The van der Waals surface area contributed by atoms with Gasteiger partial charge in [0.2, 0.25) is 0 Å². The second kappa shape index (κ2) is 9.38. The number of fused-ring (bicyclic) bond motifs is 2. The number of rotatable bonds is 4. The zero-order valence-corrected chi connectivity index (χ0v) is 18.1. The largest absolute Gasteiger partial charge is 0.452 e. The monoisotopic (exact) mass is 467 g/mol. The number of para-hydroxylation sites is 1. The summed E-state index contributed by atoms with van der Waals surface area (Å²) < 4.78 is 19.6. The molecule has 33 heavy (non-hydrogen) atoms. The molecule has 7 nitrogen and oxygen atoms in total. The van der Waals surface area contributed by atoms with Gasteiger partial charge in [-0.1, -0.05) is 35.9 Å². The minimum Gasteiger partial charge on any atom is -0.452 e. The van der Waals surface area contributed by atoms with E-state index >= 15 is 0 Å². The molecular formula is C24H19ClFN3O4. The van der Waals surface area contributed by atoms with Gasteiger partial charge in [0.15, 0.2) is 6.61 Å². The molecule has 3 amide bonds. The van der Waals surface area contributed by atoms with Gasteiger partial charge in [-0.25, -0.2) is 19.0 Å². The number of allylic oxidation sites excluding steroid dienone is 1. The van der Waals surface area contributed by atoms with E-state index < -0.39 is 30.3 Å². The van der Waals surface area contributed by atoms with Crippen LogP contribution in [0.25, 0.3) is 22.6 Å². The van der Waals surface area contributed by atoms with Gasteiger partial charge in [0.1, 0.15) is 5.82 Å². The number of hydrogen-bond donors (Lipinski definition) is 2. The smallest absolute Gasteiger partial charge is 0.339 e. The van der Waals surface area contributed by atoms with Crippen LogP contribution in [0.1, 0.15) is 40.0 Å². The number of nitrogens with two attached hydrogens (primary N) is 1. The van der Waals surface area contributed by atoms with E-state index in [-0.39, 0.29) is 16.1 Å². The number of amides is 3. The van der Waals surface area contributed by atoms with Crippen molar-refractivity contribution in [3.63, 3.8) is 0 Å². The summed E-state index contributed by atoms with van der Waals surface area (Å²) in [4.78, 5) is 40.3. The minimum absolute atomic E-state index is 0.254. The van der Waals surface area contributed by atoms with Gasteiger partial charge >= 0.3 is 12.0 Å². The third-order valence-corrected chi connectivity index (χ3v) is 5.62. The predicted molar refractivity (Wildman–Crippen MR) is 122 cm³/mol. The first-order valence-electron chi connectivity index (χ1n) is 10.2. The highest BCUT2D eigenvalue weighted by Crippen LogP contribution is 2.37. The minimum atomic E-state index is -1.04. The number of nitrogens with one attached hydrogen (secondary N) is 1. The molecule has 1 heterocycles. The first-order chi connectivity index (χ1) is 15.8. The Bertz CT molecular complexity index is 1300. The number of aromatic nitrogens is 1. The molecule has 0 atom stereocenters. The number of urea groups is 1. The molecule has 3 N–H and O–H groups in total. The first-order valence-corrected chi connectivity index (χ1v) is 10.6. The van der Waals surface area contributed by atoms with Gasteiger partial charge in [0.25, 0.3) is 5.91 Å². The van der Waals surface area contributed by atoms with E-state index in [1.54, 1.807) is 36.4 Å². The molecule has 2 aromatic carbocycles. The van der Waals surface area contributed by atoms with E-state index in [0.29, 0.717) is 41.4 Å². The number of carbonyl (C=O) groups is 3. The van der Waals surface area contributed by atoms with Crippen molar-refractivity contribution in [2.75, 3.05) is 6.61 Å².